The van der Waals surface area contributed by atoms with Gasteiger partial charge in [0.15, 0.2) is 5.78 Å². The van der Waals surface area contributed by atoms with Crippen LogP contribution in [0.4, 0.5) is 0 Å². The molecule has 2 rings (SSSR count). The number of ether oxygens (including phenoxy) is 1. The average Bonchev–Trinajstić information content (AvgIpc) is 2.86. The molecule has 0 radical (unpaired) electrons. The topological polar surface area (TPSA) is 58.6 Å². The Morgan fingerprint density at radius 2 is 1.95 bits per heavy atom. The molecule has 114 valence electrons. The van der Waals surface area contributed by atoms with Gasteiger partial charge in [-0.15, -0.1) is 0 Å². The van der Waals surface area contributed by atoms with Gasteiger partial charge in [-0.1, -0.05) is 30.3 Å². The highest BCUT2D eigenvalue weighted by atomic mass is 16.6. The number of rotatable bonds is 4. The molecular formula is C16H22N2O3. The molecule has 1 N–H and O–H groups in total. The summed E-state index contributed by atoms with van der Waals surface area (Å²) in [7, 11) is 0. The van der Waals surface area contributed by atoms with E-state index in [2.05, 4.69) is 5.43 Å². The largest absolute Gasteiger partial charge is 0.459 e. The van der Waals surface area contributed by atoms with Crippen LogP contribution in [0.3, 0.4) is 0 Å². The third-order valence-electron chi connectivity index (χ3n) is 3.15. The summed E-state index contributed by atoms with van der Waals surface area (Å²) in [4.78, 5) is 24.1. The number of carbonyl (C=O) groups excluding carboxylic acids is 2. The summed E-state index contributed by atoms with van der Waals surface area (Å²) in [6.45, 7) is 6.44. The van der Waals surface area contributed by atoms with Crippen molar-refractivity contribution in [1.82, 2.24) is 10.4 Å². The zero-order valence-electron chi connectivity index (χ0n) is 12.8. The minimum atomic E-state index is -0.494. The number of hydrogen-bond acceptors (Lipinski definition) is 5. The van der Waals surface area contributed by atoms with E-state index < -0.39 is 5.60 Å². The highest BCUT2D eigenvalue weighted by molar-refractivity contribution is 5.97. The number of hydrazine groups is 1. The molecule has 0 aliphatic carbocycles. The van der Waals surface area contributed by atoms with Gasteiger partial charge in [0, 0.05) is 12.1 Å². The van der Waals surface area contributed by atoms with Crippen LogP contribution in [0.25, 0.3) is 0 Å². The van der Waals surface area contributed by atoms with E-state index >= 15 is 0 Å². The normalized spacial score (nSPS) is 19.5. The predicted molar refractivity (Wildman–Crippen MR) is 79.7 cm³/mol. The fraction of sp³-hybridized carbons (Fsp3) is 0.500. The van der Waals surface area contributed by atoms with Crippen molar-refractivity contribution in [2.75, 3.05) is 13.1 Å². The maximum absolute atomic E-state index is 12.1. The highest BCUT2D eigenvalue weighted by Gasteiger charge is 2.32. The van der Waals surface area contributed by atoms with Gasteiger partial charge in [-0.2, -0.15) is 0 Å². The first-order valence-electron chi connectivity index (χ1n) is 7.17. The Bertz CT molecular complexity index is 508. The van der Waals surface area contributed by atoms with Gasteiger partial charge in [-0.25, -0.2) is 10.4 Å². The van der Waals surface area contributed by atoms with Gasteiger partial charge in [0.25, 0.3) is 0 Å². The first-order valence-corrected chi connectivity index (χ1v) is 7.17. The number of Topliss-reactive ketones (excluding diaryl/α,β-unsaturated/α-hetero) is 1. The fourth-order valence-corrected chi connectivity index (χ4v) is 2.19. The predicted octanol–water partition coefficient (Wildman–Crippen LogP) is 1.79. The van der Waals surface area contributed by atoms with E-state index in [9.17, 15) is 9.59 Å². The molecule has 1 aromatic carbocycles. The molecule has 1 unspecified atom stereocenters. The Morgan fingerprint density at radius 1 is 1.29 bits per heavy atom. The van der Waals surface area contributed by atoms with Crippen molar-refractivity contribution in [3.63, 3.8) is 0 Å². The lowest BCUT2D eigenvalue weighted by molar-refractivity contribution is -0.157. The first kappa shape index (κ1) is 15.7. The van der Waals surface area contributed by atoms with Crippen LogP contribution in [-0.4, -0.2) is 41.5 Å². The lowest BCUT2D eigenvalue weighted by atomic mass is 10.1. The third-order valence-corrected chi connectivity index (χ3v) is 3.15. The zero-order valence-corrected chi connectivity index (χ0v) is 12.8. The van der Waals surface area contributed by atoms with Gasteiger partial charge < -0.3 is 4.74 Å². The lowest BCUT2D eigenvalue weighted by Crippen LogP contribution is -2.44. The number of nitrogens with zero attached hydrogens (tertiary/aromatic N) is 1. The molecule has 0 spiro atoms. The van der Waals surface area contributed by atoms with E-state index in [0.717, 1.165) is 0 Å². The maximum atomic E-state index is 12.1. The molecule has 1 aliphatic heterocycles. The number of hydrogen-bond donors (Lipinski definition) is 1. The smallest absolute Gasteiger partial charge is 0.325 e. The zero-order chi connectivity index (χ0) is 15.5. The molecule has 1 heterocycles. The first-order chi connectivity index (χ1) is 9.85. The number of nitrogens with one attached hydrogen (secondary N) is 1. The van der Waals surface area contributed by atoms with Crippen molar-refractivity contribution >= 4 is 11.8 Å². The average molecular weight is 290 g/mol. The lowest BCUT2D eigenvalue weighted by Gasteiger charge is -2.22. The van der Waals surface area contributed by atoms with Crippen molar-refractivity contribution in [3.8, 4) is 0 Å². The molecular weight excluding hydrogens is 268 g/mol. The number of carbonyl (C=O) groups is 2. The van der Waals surface area contributed by atoms with Crippen LogP contribution < -0.4 is 5.43 Å². The summed E-state index contributed by atoms with van der Waals surface area (Å²) in [5.74, 6) is -0.231. The molecule has 0 saturated carbocycles. The van der Waals surface area contributed by atoms with Crippen LogP contribution >= 0.6 is 0 Å². The summed E-state index contributed by atoms with van der Waals surface area (Å²) >= 11 is 0. The van der Waals surface area contributed by atoms with E-state index in [1.54, 1.807) is 17.1 Å². The Kier molecular flexibility index (Phi) is 4.75. The molecule has 0 bridgehead atoms. The molecule has 0 aromatic heterocycles. The highest BCUT2D eigenvalue weighted by Crippen LogP contribution is 2.14. The molecule has 5 heteroatoms. The quantitative estimate of drug-likeness (QED) is 0.677. The van der Waals surface area contributed by atoms with Crippen LogP contribution in [0.1, 0.15) is 37.6 Å². The molecule has 21 heavy (non-hydrogen) atoms. The van der Waals surface area contributed by atoms with Crippen LogP contribution in [0.2, 0.25) is 0 Å². The second kappa shape index (κ2) is 6.37. The van der Waals surface area contributed by atoms with Gasteiger partial charge in [-0.05, 0) is 27.2 Å². The van der Waals surface area contributed by atoms with Crippen molar-refractivity contribution in [3.05, 3.63) is 35.9 Å². The Hall–Kier alpha value is -1.72. The van der Waals surface area contributed by atoms with Crippen molar-refractivity contribution < 1.29 is 14.3 Å². The fourth-order valence-electron chi connectivity index (χ4n) is 2.19. The van der Waals surface area contributed by atoms with Crippen LogP contribution in [0.5, 0.6) is 0 Å². The Balaban J connectivity index is 1.86. The summed E-state index contributed by atoms with van der Waals surface area (Å²) in [6, 6.07) is 8.78. The number of benzene rings is 1. The van der Waals surface area contributed by atoms with E-state index in [-0.39, 0.29) is 24.3 Å². The van der Waals surface area contributed by atoms with E-state index in [0.29, 0.717) is 18.5 Å². The van der Waals surface area contributed by atoms with Crippen LogP contribution in [0, 0.1) is 0 Å². The van der Waals surface area contributed by atoms with Gasteiger partial charge in [0.05, 0.1) is 6.54 Å². The van der Waals surface area contributed by atoms with E-state index in [4.69, 9.17) is 4.74 Å². The van der Waals surface area contributed by atoms with Crippen LogP contribution in [0.15, 0.2) is 30.3 Å². The van der Waals surface area contributed by atoms with Gasteiger partial charge in [-0.3, -0.25) is 9.59 Å². The monoisotopic (exact) mass is 290 g/mol. The third kappa shape index (κ3) is 4.65. The van der Waals surface area contributed by atoms with Gasteiger partial charge >= 0.3 is 5.97 Å². The minimum absolute atomic E-state index is 0.0351. The van der Waals surface area contributed by atoms with Gasteiger partial charge in [0.1, 0.15) is 11.6 Å². The Morgan fingerprint density at radius 3 is 2.57 bits per heavy atom. The second-order valence-corrected chi connectivity index (χ2v) is 6.21. The van der Waals surface area contributed by atoms with Crippen LogP contribution in [-0.2, 0) is 9.53 Å². The molecule has 1 fully saturated rings. The maximum Gasteiger partial charge on any atom is 0.325 e. The summed E-state index contributed by atoms with van der Waals surface area (Å²) < 4.78 is 5.35. The number of ketones is 1. The molecule has 5 nitrogen and oxygen atoms in total. The molecule has 1 atom stereocenters. The van der Waals surface area contributed by atoms with E-state index in [1.165, 1.54) is 0 Å². The molecule has 1 saturated heterocycles. The molecule has 1 aromatic rings. The van der Waals surface area contributed by atoms with E-state index in [1.807, 2.05) is 39.0 Å². The SMILES string of the molecule is CC(C)(C)OC(=O)C1CCN(CC(=O)c2ccccc2)N1. The summed E-state index contributed by atoms with van der Waals surface area (Å²) in [5.41, 5.74) is 3.24. The standard InChI is InChI=1S/C16H22N2O3/c1-16(2,3)21-15(20)13-9-10-18(17-13)11-14(19)12-7-5-4-6-8-12/h4-8,13,17H,9-11H2,1-3H3. The van der Waals surface area contributed by atoms with Crippen molar-refractivity contribution in [2.45, 2.75) is 38.8 Å². The molecule has 0 amide bonds. The minimum Gasteiger partial charge on any atom is -0.459 e. The second-order valence-electron chi connectivity index (χ2n) is 6.21. The molecule has 1 aliphatic rings. The van der Waals surface area contributed by atoms with Crippen molar-refractivity contribution in [1.29, 1.82) is 0 Å². The summed E-state index contributed by atoms with van der Waals surface area (Å²) in [5, 5.41) is 1.78. The summed E-state index contributed by atoms with van der Waals surface area (Å²) in [6.07, 6.45) is 0.650. The van der Waals surface area contributed by atoms with Crippen molar-refractivity contribution in [2.24, 2.45) is 0 Å². The number of esters is 1. The van der Waals surface area contributed by atoms with Gasteiger partial charge in [0.2, 0.25) is 0 Å². The Labute approximate surface area is 125 Å².